The summed E-state index contributed by atoms with van der Waals surface area (Å²) in [4.78, 5) is 40.2. The second kappa shape index (κ2) is 8.66. The van der Waals surface area contributed by atoms with Gasteiger partial charge in [0.1, 0.15) is 6.10 Å². The van der Waals surface area contributed by atoms with Crippen LogP contribution in [-0.2, 0) is 19.1 Å². The Bertz CT molecular complexity index is 778. The lowest BCUT2D eigenvalue weighted by atomic mass is 9.42. The number of carbonyl (C=O) groups excluding carboxylic acids is 3. The molecule has 0 heterocycles. The number of nitrogens with zero attached hydrogens (tertiary/aromatic N) is 1. The van der Waals surface area contributed by atoms with Crippen LogP contribution < -0.4 is 0 Å². The van der Waals surface area contributed by atoms with E-state index in [4.69, 9.17) is 9.84 Å². The Morgan fingerprint density at radius 2 is 1.97 bits per heavy atom. The zero-order valence-electron chi connectivity index (χ0n) is 19.4. The highest BCUT2D eigenvalue weighted by molar-refractivity contribution is 5.94. The predicted molar refractivity (Wildman–Crippen MR) is 115 cm³/mol. The van der Waals surface area contributed by atoms with E-state index in [2.05, 4.69) is 6.92 Å². The minimum atomic E-state index is -1.16. The van der Waals surface area contributed by atoms with E-state index < -0.39 is 17.4 Å². The van der Waals surface area contributed by atoms with Gasteiger partial charge in [0.2, 0.25) is 5.91 Å². The summed E-state index contributed by atoms with van der Waals surface area (Å²) in [6.45, 7) is 6.08. The van der Waals surface area contributed by atoms with E-state index in [-0.39, 0.29) is 54.0 Å². The molecule has 31 heavy (non-hydrogen) atoms. The molecule has 7 heteroatoms. The normalized spacial score (nSPS) is 41.3. The minimum absolute atomic E-state index is 0.0897. The van der Waals surface area contributed by atoms with Gasteiger partial charge in [-0.25, -0.2) is 0 Å². The summed E-state index contributed by atoms with van der Waals surface area (Å²) in [5, 5.41) is 20.3. The van der Waals surface area contributed by atoms with Crippen molar-refractivity contribution in [2.75, 3.05) is 27.3 Å². The molecule has 0 bridgehead atoms. The molecular weight excluding hydrogens is 398 g/mol. The highest BCUT2D eigenvalue weighted by Gasteiger charge is 2.66. The third-order valence-electron chi connectivity index (χ3n) is 8.64. The molecule has 0 aromatic carbocycles. The summed E-state index contributed by atoms with van der Waals surface area (Å²) in [5.41, 5.74) is -0.372. The van der Waals surface area contributed by atoms with E-state index in [1.807, 2.05) is 13.8 Å². The van der Waals surface area contributed by atoms with Gasteiger partial charge in [0, 0.05) is 31.5 Å². The number of likely N-dealkylation sites (N-methyl/N-ethyl adjacent to an activating group) is 1. The number of carbonyl (C=O) groups is 3. The van der Waals surface area contributed by atoms with E-state index in [9.17, 15) is 19.5 Å². The topological polar surface area (TPSA) is 104 Å². The summed E-state index contributed by atoms with van der Waals surface area (Å²) in [6, 6.07) is 0. The molecule has 0 spiro atoms. The van der Waals surface area contributed by atoms with Crippen LogP contribution >= 0.6 is 0 Å². The van der Waals surface area contributed by atoms with Gasteiger partial charge in [-0.2, -0.15) is 0 Å². The van der Waals surface area contributed by atoms with Crippen molar-refractivity contribution >= 4 is 17.7 Å². The maximum Gasteiger partial charge on any atom is 0.312 e. The molecule has 174 valence electrons. The number of fused-ring (bicyclic) bond motifs is 3. The van der Waals surface area contributed by atoms with Crippen LogP contribution in [0.15, 0.2) is 11.6 Å². The first-order valence-corrected chi connectivity index (χ1v) is 11.4. The van der Waals surface area contributed by atoms with Crippen LogP contribution in [-0.4, -0.2) is 66.2 Å². The average molecular weight is 436 g/mol. The Hall–Kier alpha value is -1.73. The van der Waals surface area contributed by atoms with Crippen LogP contribution in [0.3, 0.4) is 0 Å². The molecule has 7 atom stereocenters. The number of amides is 1. The molecule has 0 unspecified atom stereocenters. The van der Waals surface area contributed by atoms with Crippen molar-refractivity contribution in [3.05, 3.63) is 11.6 Å². The zero-order chi connectivity index (χ0) is 23.1. The number of aliphatic hydroxyl groups is 2. The molecule has 0 aromatic rings. The number of aliphatic hydroxyl groups excluding tert-OH is 2. The lowest BCUT2D eigenvalue weighted by Gasteiger charge is -2.61. The molecule has 3 fully saturated rings. The Kier molecular flexibility index (Phi) is 6.68. The Morgan fingerprint density at radius 3 is 2.58 bits per heavy atom. The van der Waals surface area contributed by atoms with Gasteiger partial charge in [-0.15, -0.1) is 0 Å². The Morgan fingerprint density at radius 1 is 1.29 bits per heavy atom. The molecule has 7 nitrogen and oxygen atoms in total. The molecule has 0 aromatic heterocycles. The van der Waals surface area contributed by atoms with Crippen molar-refractivity contribution in [2.45, 2.75) is 59.0 Å². The summed E-state index contributed by atoms with van der Waals surface area (Å²) in [7, 11) is 3.00. The Labute approximate surface area is 184 Å². The van der Waals surface area contributed by atoms with Crippen molar-refractivity contribution in [1.29, 1.82) is 0 Å². The number of hydrogen-bond acceptors (Lipinski definition) is 6. The fourth-order valence-corrected chi connectivity index (χ4v) is 7.04. The molecule has 0 aliphatic heterocycles. The third-order valence-corrected chi connectivity index (χ3v) is 8.64. The second-order valence-corrected chi connectivity index (χ2v) is 10.3. The SMILES string of the molecule is COC(=O)[C@@]1(C)CCC[C@@]2(C)[C@H]1C(=O)[C@@H](O)[C@@H]1[C@@H](C)/C(=C/C(=O)N(C)CCO)CC[C@@H]12. The first-order chi connectivity index (χ1) is 14.5. The zero-order valence-corrected chi connectivity index (χ0v) is 19.4. The predicted octanol–water partition coefficient (Wildman–Crippen LogP) is 1.96. The van der Waals surface area contributed by atoms with Crippen LogP contribution in [0.2, 0.25) is 0 Å². The summed E-state index contributed by atoms with van der Waals surface area (Å²) < 4.78 is 5.09. The smallest absolute Gasteiger partial charge is 0.312 e. The fraction of sp³-hybridized carbons (Fsp3) is 0.792. The highest BCUT2D eigenvalue weighted by Crippen LogP contribution is 2.64. The highest BCUT2D eigenvalue weighted by atomic mass is 16.5. The van der Waals surface area contributed by atoms with Crippen LogP contribution in [0.1, 0.15) is 52.9 Å². The van der Waals surface area contributed by atoms with E-state index in [1.165, 1.54) is 12.0 Å². The van der Waals surface area contributed by atoms with Gasteiger partial charge in [0.15, 0.2) is 5.78 Å². The molecule has 3 rings (SSSR count). The Balaban J connectivity index is 1.96. The minimum Gasteiger partial charge on any atom is -0.469 e. The van der Waals surface area contributed by atoms with E-state index >= 15 is 0 Å². The molecule has 0 radical (unpaired) electrons. The van der Waals surface area contributed by atoms with Gasteiger partial charge in [-0.05, 0) is 49.9 Å². The van der Waals surface area contributed by atoms with Crippen molar-refractivity contribution in [3.63, 3.8) is 0 Å². The van der Waals surface area contributed by atoms with Crippen molar-refractivity contribution in [3.8, 4) is 0 Å². The van der Waals surface area contributed by atoms with Gasteiger partial charge in [-0.1, -0.05) is 25.8 Å². The molecule has 0 saturated heterocycles. The van der Waals surface area contributed by atoms with Gasteiger partial charge >= 0.3 is 5.97 Å². The number of ether oxygens (including phenoxy) is 1. The van der Waals surface area contributed by atoms with Crippen LogP contribution in [0, 0.1) is 34.5 Å². The number of methoxy groups -OCH3 is 1. The van der Waals surface area contributed by atoms with Crippen molar-refractivity contribution in [1.82, 2.24) is 4.90 Å². The van der Waals surface area contributed by atoms with Crippen LogP contribution in [0.5, 0.6) is 0 Å². The number of ketones is 1. The van der Waals surface area contributed by atoms with Gasteiger partial charge in [0.25, 0.3) is 0 Å². The van der Waals surface area contributed by atoms with Crippen LogP contribution in [0.4, 0.5) is 0 Å². The quantitative estimate of drug-likeness (QED) is 0.517. The lowest BCUT2D eigenvalue weighted by molar-refractivity contribution is -0.193. The average Bonchev–Trinajstić information content (AvgIpc) is 2.72. The van der Waals surface area contributed by atoms with Gasteiger partial charge in [-0.3, -0.25) is 14.4 Å². The monoisotopic (exact) mass is 435 g/mol. The second-order valence-electron chi connectivity index (χ2n) is 10.3. The number of rotatable bonds is 4. The fourth-order valence-electron chi connectivity index (χ4n) is 7.04. The number of allylic oxidation sites excluding steroid dienone is 1. The van der Waals surface area contributed by atoms with Crippen molar-refractivity contribution < 1.29 is 29.3 Å². The summed E-state index contributed by atoms with van der Waals surface area (Å²) in [6.07, 6.45) is 4.21. The lowest BCUT2D eigenvalue weighted by Crippen LogP contribution is -2.65. The molecule has 3 aliphatic rings. The molecule has 3 aliphatic carbocycles. The molecule has 3 saturated carbocycles. The first kappa shape index (κ1) is 23.9. The summed E-state index contributed by atoms with van der Waals surface area (Å²) in [5.74, 6) is -1.67. The van der Waals surface area contributed by atoms with Crippen molar-refractivity contribution in [2.24, 2.45) is 34.5 Å². The number of Topliss-reactive ketones (excluding diaryl/α,β-unsaturated/α-hetero) is 1. The van der Waals surface area contributed by atoms with Crippen LogP contribution in [0.25, 0.3) is 0 Å². The maximum absolute atomic E-state index is 13.5. The molecular formula is C24H37NO6. The van der Waals surface area contributed by atoms with Gasteiger partial charge < -0.3 is 19.8 Å². The standard InChI is InChI=1S/C24H37NO6/c1-14-15(13-17(27)25(4)11-12-26)7-8-16-18(14)19(28)20(29)21-23(16,2)9-6-10-24(21,3)22(30)31-5/h13-14,16,18-19,21,26,28H,6-12H2,1-5H3/b15-13+/t14-,16-,18+,19-,21+,23+,24-/m0/s1. The van der Waals surface area contributed by atoms with Gasteiger partial charge in [0.05, 0.1) is 19.1 Å². The molecule has 1 amide bonds. The first-order valence-electron chi connectivity index (χ1n) is 11.4. The molecule has 2 N–H and O–H groups in total. The third kappa shape index (κ3) is 3.74. The maximum atomic E-state index is 13.5. The van der Waals surface area contributed by atoms with E-state index in [0.717, 1.165) is 31.3 Å². The summed E-state index contributed by atoms with van der Waals surface area (Å²) >= 11 is 0. The number of hydrogen-bond donors (Lipinski definition) is 2. The van der Waals surface area contributed by atoms with E-state index in [0.29, 0.717) is 6.42 Å². The van der Waals surface area contributed by atoms with E-state index in [1.54, 1.807) is 13.1 Å². The number of esters is 1. The largest absolute Gasteiger partial charge is 0.469 e.